The van der Waals surface area contributed by atoms with Gasteiger partial charge in [0.05, 0.1) is 18.6 Å². The van der Waals surface area contributed by atoms with Crippen molar-refractivity contribution in [1.29, 1.82) is 0 Å². The second kappa shape index (κ2) is 18.4. The molecule has 0 bridgehead atoms. The lowest BCUT2D eigenvalue weighted by molar-refractivity contribution is -0.140. The average molecular weight is 495 g/mol. The third kappa shape index (κ3) is 19.2. The standard InChI is InChI=1S/C22H38O10S/c23-20(24)17-19(22(27)28)18(21(25)26)15-13-11-9-7-5-3-1-2-4-6-8-10-12-14-16-32-33(29,30)31/h1-17H2,(H,23,24)(H,25,26)(H,27,28)(H,29,30,31)/b19-18+. The summed E-state index contributed by atoms with van der Waals surface area (Å²) in [5.74, 6) is -4.24. The average Bonchev–Trinajstić information content (AvgIpc) is 2.70. The fraction of sp³-hybridized carbons (Fsp3) is 0.773. The Morgan fingerprint density at radius 1 is 0.576 bits per heavy atom. The molecule has 0 aliphatic rings. The molecule has 0 radical (unpaired) electrons. The van der Waals surface area contributed by atoms with Gasteiger partial charge in [-0.05, 0) is 19.3 Å². The Hall–Kier alpha value is -1.98. The van der Waals surface area contributed by atoms with Gasteiger partial charge in [-0.25, -0.2) is 13.8 Å². The molecule has 0 rings (SSSR count). The Balaban J connectivity index is 3.69. The maximum Gasteiger partial charge on any atom is 0.397 e. The number of hydrogen-bond acceptors (Lipinski definition) is 6. The molecule has 0 heterocycles. The lowest BCUT2D eigenvalue weighted by Crippen LogP contribution is -2.14. The van der Waals surface area contributed by atoms with Crippen molar-refractivity contribution in [2.24, 2.45) is 0 Å². The van der Waals surface area contributed by atoms with E-state index < -0.39 is 40.3 Å². The van der Waals surface area contributed by atoms with Crippen LogP contribution < -0.4 is 0 Å². The molecular weight excluding hydrogens is 456 g/mol. The molecule has 192 valence electrons. The first-order valence-corrected chi connectivity index (χ1v) is 12.9. The van der Waals surface area contributed by atoms with E-state index in [1.165, 1.54) is 6.42 Å². The Bertz CT molecular complexity index is 727. The minimum atomic E-state index is -4.32. The van der Waals surface area contributed by atoms with Crippen LogP contribution in [0.4, 0.5) is 0 Å². The second-order valence-electron chi connectivity index (χ2n) is 8.09. The van der Waals surface area contributed by atoms with Crippen LogP contribution in [-0.4, -0.2) is 52.8 Å². The smallest absolute Gasteiger partial charge is 0.397 e. The molecule has 0 aromatic carbocycles. The van der Waals surface area contributed by atoms with Crippen molar-refractivity contribution >= 4 is 28.3 Å². The molecule has 10 nitrogen and oxygen atoms in total. The highest BCUT2D eigenvalue weighted by atomic mass is 32.3. The molecule has 0 fully saturated rings. The third-order valence-corrected chi connectivity index (χ3v) is 5.73. The maximum atomic E-state index is 11.3. The van der Waals surface area contributed by atoms with Gasteiger partial charge >= 0.3 is 28.3 Å². The quantitative estimate of drug-likeness (QED) is 0.0945. The van der Waals surface area contributed by atoms with Gasteiger partial charge in [0.2, 0.25) is 0 Å². The lowest BCUT2D eigenvalue weighted by atomic mass is 9.98. The first-order chi connectivity index (χ1) is 15.5. The molecule has 0 aliphatic carbocycles. The van der Waals surface area contributed by atoms with Gasteiger partial charge in [-0.1, -0.05) is 77.0 Å². The van der Waals surface area contributed by atoms with Crippen molar-refractivity contribution in [1.82, 2.24) is 0 Å². The molecular formula is C22H38O10S. The van der Waals surface area contributed by atoms with Crippen molar-refractivity contribution in [3.8, 4) is 0 Å². The topological polar surface area (TPSA) is 175 Å². The van der Waals surface area contributed by atoms with Crippen molar-refractivity contribution in [3.63, 3.8) is 0 Å². The van der Waals surface area contributed by atoms with E-state index in [0.717, 1.165) is 70.6 Å². The highest BCUT2D eigenvalue weighted by molar-refractivity contribution is 7.80. The van der Waals surface area contributed by atoms with Crippen LogP contribution in [0.1, 0.15) is 103 Å². The number of hydrogen-bond donors (Lipinski definition) is 4. The van der Waals surface area contributed by atoms with Crippen LogP contribution in [-0.2, 0) is 29.0 Å². The number of unbranched alkanes of at least 4 members (excludes halogenated alkanes) is 13. The summed E-state index contributed by atoms with van der Waals surface area (Å²) >= 11 is 0. The number of rotatable bonds is 22. The zero-order valence-corrected chi connectivity index (χ0v) is 20.0. The molecule has 0 atom stereocenters. The van der Waals surface area contributed by atoms with Crippen molar-refractivity contribution in [3.05, 3.63) is 11.1 Å². The molecule has 0 saturated heterocycles. The Morgan fingerprint density at radius 2 is 0.939 bits per heavy atom. The molecule has 33 heavy (non-hydrogen) atoms. The van der Waals surface area contributed by atoms with Crippen LogP contribution in [0.2, 0.25) is 0 Å². The molecule has 0 unspecified atom stereocenters. The zero-order chi connectivity index (χ0) is 25.1. The summed E-state index contributed by atoms with van der Waals surface area (Å²) in [6.07, 6.45) is 12.9. The van der Waals surface area contributed by atoms with E-state index in [9.17, 15) is 27.9 Å². The molecule has 0 saturated carbocycles. The van der Waals surface area contributed by atoms with Gasteiger partial charge in [0.25, 0.3) is 0 Å². The summed E-state index contributed by atoms with van der Waals surface area (Å²) in [6.45, 7) is 0.0182. The first kappa shape index (κ1) is 31.0. The van der Waals surface area contributed by atoms with Crippen LogP contribution in [0.5, 0.6) is 0 Å². The van der Waals surface area contributed by atoms with Crippen molar-refractivity contribution < 1.29 is 46.9 Å². The third-order valence-electron chi connectivity index (χ3n) is 5.26. The highest BCUT2D eigenvalue weighted by Gasteiger charge is 2.22. The number of carbonyl (C=O) groups is 3. The van der Waals surface area contributed by atoms with Crippen LogP contribution in [0.25, 0.3) is 0 Å². The summed E-state index contributed by atoms with van der Waals surface area (Å²) < 4.78 is 33.4. The predicted octanol–water partition coefficient (Wildman–Crippen LogP) is 4.60. The van der Waals surface area contributed by atoms with E-state index >= 15 is 0 Å². The van der Waals surface area contributed by atoms with E-state index in [1.54, 1.807) is 0 Å². The van der Waals surface area contributed by atoms with E-state index in [-0.39, 0.29) is 18.6 Å². The molecule has 4 N–H and O–H groups in total. The minimum absolute atomic E-state index is 0.0182. The Labute approximate surface area is 196 Å². The largest absolute Gasteiger partial charge is 0.481 e. The monoisotopic (exact) mass is 494 g/mol. The molecule has 0 aliphatic heterocycles. The van der Waals surface area contributed by atoms with Gasteiger partial charge in [0.15, 0.2) is 0 Å². The van der Waals surface area contributed by atoms with Gasteiger partial charge in [-0.15, -0.1) is 0 Å². The van der Waals surface area contributed by atoms with Crippen LogP contribution >= 0.6 is 0 Å². The summed E-state index contributed by atoms with van der Waals surface area (Å²) in [4.78, 5) is 33.2. The lowest BCUT2D eigenvalue weighted by Gasteiger charge is -2.07. The molecule has 0 amide bonds. The summed E-state index contributed by atoms with van der Waals surface area (Å²) in [7, 11) is -4.32. The van der Waals surface area contributed by atoms with Gasteiger partial charge in [-0.3, -0.25) is 9.35 Å². The number of aliphatic carboxylic acids is 3. The van der Waals surface area contributed by atoms with E-state index in [4.69, 9.17) is 14.8 Å². The van der Waals surface area contributed by atoms with Crippen LogP contribution in [0.15, 0.2) is 11.1 Å². The Morgan fingerprint density at radius 3 is 1.27 bits per heavy atom. The van der Waals surface area contributed by atoms with E-state index in [0.29, 0.717) is 12.8 Å². The van der Waals surface area contributed by atoms with Gasteiger partial charge < -0.3 is 15.3 Å². The van der Waals surface area contributed by atoms with Gasteiger partial charge in [-0.2, -0.15) is 8.42 Å². The maximum absolute atomic E-state index is 11.3. The number of carboxylic acids is 3. The highest BCUT2D eigenvalue weighted by Crippen LogP contribution is 2.19. The number of carboxylic acid groups (broad SMARTS) is 3. The molecule has 0 spiro atoms. The second-order valence-corrected chi connectivity index (χ2v) is 9.18. The normalized spacial score (nSPS) is 12.4. The Kier molecular flexibility index (Phi) is 17.3. The van der Waals surface area contributed by atoms with Crippen molar-refractivity contribution in [2.75, 3.05) is 6.61 Å². The SMILES string of the molecule is O=C(O)C/C(C(=O)O)=C(/CCCCCCCCCCCCCCCCOS(=O)(=O)O)C(=O)O. The van der Waals surface area contributed by atoms with Gasteiger partial charge in [0, 0.05) is 5.57 Å². The van der Waals surface area contributed by atoms with Crippen LogP contribution in [0.3, 0.4) is 0 Å². The van der Waals surface area contributed by atoms with E-state index in [1.807, 2.05) is 0 Å². The van der Waals surface area contributed by atoms with Gasteiger partial charge in [0.1, 0.15) is 0 Å². The predicted molar refractivity (Wildman–Crippen MR) is 121 cm³/mol. The summed E-state index contributed by atoms with van der Waals surface area (Å²) in [6, 6.07) is 0. The van der Waals surface area contributed by atoms with Crippen LogP contribution in [0, 0.1) is 0 Å². The first-order valence-electron chi connectivity index (χ1n) is 11.6. The molecule has 11 heteroatoms. The van der Waals surface area contributed by atoms with E-state index in [2.05, 4.69) is 4.18 Å². The minimum Gasteiger partial charge on any atom is -0.481 e. The molecule has 0 aromatic rings. The summed E-state index contributed by atoms with van der Waals surface area (Å²) in [5, 5.41) is 27.1. The molecule has 0 aromatic heterocycles. The fourth-order valence-electron chi connectivity index (χ4n) is 3.54. The zero-order valence-electron chi connectivity index (χ0n) is 19.2. The summed E-state index contributed by atoms with van der Waals surface area (Å²) in [5.41, 5.74) is -0.877. The fourth-order valence-corrected chi connectivity index (χ4v) is 3.87. The van der Waals surface area contributed by atoms with Crippen molar-refractivity contribution in [2.45, 2.75) is 103 Å².